The molecule has 0 unspecified atom stereocenters. The Hall–Kier alpha value is -0.0300. The van der Waals surface area contributed by atoms with Gasteiger partial charge in [0, 0.05) is 6.07 Å². The maximum atomic E-state index is 12.8. The maximum Gasteiger partial charge on any atom is 0.185 e. The number of hydrogen-bond donors (Lipinski definition) is 0. The lowest BCUT2D eigenvalue weighted by atomic mass is 10.2. The molecule has 2 bridgehead atoms. The van der Waals surface area contributed by atoms with Gasteiger partial charge in [0.15, 0.2) is 11.6 Å². The summed E-state index contributed by atoms with van der Waals surface area (Å²) in [7, 11) is 0. The second-order valence-corrected chi connectivity index (χ2v) is 3.40. The number of rotatable bonds is 0. The van der Waals surface area contributed by atoms with Crippen molar-refractivity contribution in [2.24, 2.45) is 0 Å². The molecule has 0 saturated heterocycles. The smallest absolute Gasteiger partial charge is 0.185 e. The third kappa shape index (κ3) is 0.674. The van der Waals surface area contributed by atoms with Crippen LogP contribution in [-0.4, -0.2) is 0 Å². The van der Waals surface area contributed by atoms with Gasteiger partial charge in [0.05, 0.1) is 5.02 Å². The van der Waals surface area contributed by atoms with Crippen LogP contribution in [0.25, 0.3) is 0 Å². The molecule has 0 amide bonds. The molecule has 2 aliphatic heterocycles. The van der Waals surface area contributed by atoms with E-state index in [1.807, 2.05) is 22.6 Å². The minimum atomic E-state index is -0.457. The van der Waals surface area contributed by atoms with Crippen molar-refractivity contribution < 1.29 is 9.13 Å². The van der Waals surface area contributed by atoms with E-state index in [0.717, 1.165) is 3.57 Å². The second kappa shape index (κ2) is 1.98. The Morgan fingerprint density at radius 2 is 2.30 bits per heavy atom. The summed E-state index contributed by atoms with van der Waals surface area (Å²) in [5, 5.41) is 0.136. The third-order valence-electron chi connectivity index (χ3n) is 1.29. The number of benzene rings is 1. The minimum Gasteiger partial charge on any atom is -0.452 e. The van der Waals surface area contributed by atoms with Gasteiger partial charge in [0.2, 0.25) is 0 Å². The molecule has 0 aliphatic carbocycles. The molecule has 1 aromatic carbocycles. The molecule has 4 heteroatoms. The fourth-order valence-corrected chi connectivity index (χ4v) is 1.58. The van der Waals surface area contributed by atoms with Crippen LogP contribution in [0.3, 0.4) is 0 Å². The van der Waals surface area contributed by atoms with Gasteiger partial charge in [-0.1, -0.05) is 11.6 Å². The molecule has 2 aliphatic rings. The first-order valence-corrected chi connectivity index (χ1v) is 4.01. The van der Waals surface area contributed by atoms with Gasteiger partial charge in [-0.15, -0.1) is 0 Å². The highest BCUT2D eigenvalue weighted by Crippen LogP contribution is 2.47. The van der Waals surface area contributed by atoms with Crippen LogP contribution >= 0.6 is 34.2 Å². The maximum absolute atomic E-state index is 12.8. The van der Waals surface area contributed by atoms with E-state index in [1.165, 1.54) is 6.07 Å². The van der Waals surface area contributed by atoms with Crippen LogP contribution in [-0.2, 0) is 0 Å². The van der Waals surface area contributed by atoms with Crippen LogP contribution in [0.4, 0.5) is 4.39 Å². The molecule has 3 rings (SSSR count). The van der Waals surface area contributed by atoms with Gasteiger partial charge in [-0.25, -0.2) is 4.39 Å². The fourth-order valence-electron chi connectivity index (χ4n) is 0.786. The fraction of sp³-hybridized carbons (Fsp3) is 0. The Bertz CT molecular complexity index is 304. The molecule has 0 atom stereocenters. The normalized spacial score (nSPS) is 12.3. The van der Waals surface area contributed by atoms with Gasteiger partial charge in [0.1, 0.15) is 9.32 Å². The number of fused-ring (bicyclic) bond motifs is 2. The summed E-state index contributed by atoms with van der Waals surface area (Å²) in [6, 6.07) is 1.48. The van der Waals surface area contributed by atoms with Gasteiger partial charge in [-0.05, 0) is 22.6 Å². The monoisotopic (exact) mass is 270 g/mol. The highest BCUT2D eigenvalue weighted by Gasteiger charge is 2.26. The molecular formula is C6HClFIO. The number of halogens is 3. The van der Waals surface area contributed by atoms with Crippen molar-refractivity contribution in [3.8, 4) is 11.5 Å². The lowest BCUT2D eigenvalue weighted by Gasteiger charge is -2.21. The predicted molar refractivity (Wildman–Crippen MR) is 44.2 cm³/mol. The lowest BCUT2D eigenvalue weighted by molar-refractivity contribution is 0.388. The molecule has 1 nitrogen and oxygen atoms in total. The van der Waals surface area contributed by atoms with Gasteiger partial charge >= 0.3 is 0 Å². The first-order valence-electron chi connectivity index (χ1n) is 2.55. The van der Waals surface area contributed by atoms with E-state index < -0.39 is 5.82 Å². The molecule has 0 fully saturated rings. The minimum absolute atomic E-state index is 0.136. The molecular weight excluding hydrogens is 269 g/mol. The van der Waals surface area contributed by atoms with E-state index >= 15 is 0 Å². The van der Waals surface area contributed by atoms with Crippen LogP contribution in [0.5, 0.6) is 11.5 Å². The molecule has 52 valence electrons. The Labute approximate surface area is 75.3 Å². The molecule has 0 saturated carbocycles. The zero-order valence-electron chi connectivity index (χ0n) is 4.62. The predicted octanol–water partition coefficient (Wildman–Crippen LogP) is 3.19. The standard InChI is InChI=1S/C6HClFIO/c7-2-1-3-5(9)6(10-3)4(2)8/h1H. The van der Waals surface area contributed by atoms with Crippen molar-refractivity contribution in [1.29, 1.82) is 0 Å². The van der Waals surface area contributed by atoms with E-state index in [1.54, 1.807) is 0 Å². The molecule has 1 aromatic rings. The van der Waals surface area contributed by atoms with Gasteiger partial charge < -0.3 is 4.74 Å². The molecule has 10 heavy (non-hydrogen) atoms. The molecule has 0 spiro atoms. The average molecular weight is 270 g/mol. The van der Waals surface area contributed by atoms with Gasteiger partial charge in [0.25, 0.3) is 0 Å². The number of ether oxygens (including phenoxy) is 1. The first kappa shape index (κ1) is 6.67. The largest absolute Gasteiger partial charge is 0.452 e. The third-order valence-corrected chi connectivity index (χ3v) is 2.59. The lowest BCUT2D eigenvalue weighted by Crippen LogP contribution is -2.04. The topological polar surface area (TPSA) is 9.23 Å². The van der Waals surface area contributed by atoms with Crippen molar-refractivity contribution in [3.63, 3.8) is 0 Å². The first-order chi connectivity index (χ1) is 4.70. The average Bonchev–Trinajstić information content (AvgIpc) is 1.92. The van der Waals surface area contributed by atoms with E-state index in [4.69, 9.17) is 16.3 Å². The van der Waals surface area contributed by atoms with Crippen LogP contribution in [0.2, 0.25) is 5.02 Å². The van der Waals surface area contributed by atoms with E-state index in [-0.39, 0.29) is 10.8 Å². The van der Waals surface area contributed by atoms with Crippen molar-refractivity contribution in [3.05, 3.63) is 20.5 Å². The highest BCUT2D eigenvalue weighted by molar-refractivity contribution is 14.1. The summed E-state index contributed by atoms with van der Waals surface area (Å²) in [6.07, 6.45) is 0. The summed E-state index contributed by atoms with van der Waals surface area (Å²) in [5.41, 5.74) is 0. The van der Waals surface area contributed by atoms with E-state index in [9.17, 15) is 4.39 Å². The number of hydrogen-bond acceptors (Lipinski definition) is 1. The molecule has 0 radical (unpaired) electrons. The summed E-state index contributed by atoms with van der Waals surface area (Å²) in [4.78, 5) is 0. The van der Waals surface area contributed by atoms with E-state index in [0.29, 0.717) is 5.75 Å². The second-order valence-electron chi connectivity index (χ2n) is 1.92. The van der Waals surface area contributed by atoms with Crippen molar-refractivity contribution in [2.75, 3.05) is 0 Å². The van der Waals surface area contributed by atoms with Crippen LogP contribution in [0.15, 0.2) is 6.07 Å². The molecule has 0 aromatic heterocycles. The zero-order chi connectivity index (χ0) is 7.30. The zero-order valence-corrected chi connectivity index (χ0v) is 7.53. The Kier molecular flexibility index (Phi) is 1.32. The Morgan fingerprint density at radius 1 is 1.60 bits per heavy atom. The van der Waals surface area contributed by atoms with Crippen LogP contribution in [0, 0.1) is 9.39 Å². The summed E-state index contributed by atoms with van der Waals surface area (Å²) in [5.74, 6) is 0.492. The summed E-state index contributed by atoms with van der Waals surface area (Å²) in [6.45, 7) is 0. The van der Waals surface area contributed by atoms with E-state index in [2.05, 4.69) is 0 Å². The molecule has 2 heterocycles. The summed E-state index contributed by atoms with van der Waals surface area (Å²) >= 11 is 7.48. The Balaban J connectivity index is 2.74. The quantitative estimate of drug-likeness (QED) is 0.528. The van der Waals surface area contributed by atoms with Crippen molar-refractivity contribution in [1.82, 2.24) is 0 Å². The highest BCUT2D eigenvalue weighted by atomic mass is 127. The van der Waals surface area contributed by atoms with Crippen molar-refractivity contribution in [2.45, 2.75) is 0 Å². The van der Waals surface area contributed by atoms with Crippen LogP contribution in [0.1, 0.15) is 0 Å². The van der Waals surface area contributed by atoms with Gasteiger partial charge in [-0.2, -0.15) is 0 Å². The Morgan fingerprint density at radius 3 is 2.70 bits per heavy atom. The summed E-state index contributed by atoms with van der Waals surface area (Å²) < 4.78 is 18.5. The van der Waals surface area contributed by atoms with Gasteiger partial charge in [-0.3, -0.25) is 0 Å². The van der Waals surface area contributed by atoms with Crippen LogP contribution < -0.4 is 4.74 Å². The van der Waals surface area contributed by atoms with Crippen molar-refractivity contribution >= 4 is 34.2 Å². The SMILES string of the molecule is Fc1c(Cl)cc2c(I)c1O2. The molecule has 0 N–H and O–H groups in total.